The number of hydrogen-bond donors (Lipinski definition) is 3. The van der Waals surface area contributed by atoms with Crippen LogP contribution in [0.1, 0.15) is 13.3 Å². The molecule has 0 aromatic rings. The van der Waals surface area contributed by atoms with Gasteiger partial charge < -0.3 is 25.8 Å². The average Bonchev–Trinajstić information content (AvgIpc) is 2.79. The van der Waals surface area contributed by atoms with E-state index in [0.717, 1.165) is 11.3 Å². The van der Waals surface area contributed by atoms with Gasteiger partial charge in [0.05, 0.1) is 6.61 Å². The van der Waals surface area contributed by atoms with E-state index in [0.29, 0.717) is 13.2 Å². The Hall–Kier alpha value is -1.83. The molecular weight excluding hydrogens is 254 g/mol. The van der Waals surface area contributed by atoms with Crippen molar-refractivity contribution in [2.75, 3.05) is 26.3 Å². The van der Waals surface area contributed by atoms with Crippen LogP contribution in [-0.4, -0.2) is 60.3 Å². The third kappa shape index (κ3) is 5.12. The topological polar surface area (TPSA) is 122 Å². The van der Waals surface area contributed by atoms with E-state index in [1.54, 1.807) is 0 Å². The van der Waals surface area contributed by atoms with E-state index in [-0.39, 0.29) is 12.0 Å². The minimum Gasteiger partial charge on any atom is -0.480 e. The van der Waals surface area contributed by atoms with Crippen molar-refractivity contribution in [3.8, 4) is 0 Å². The maximum atomic E-state index is 11.9. The predicted molar refractivity (Wildman–Crippen MR) is 65.3 cm³/mol. The van der Waals surface area contributed by atoms with Crippen molar-refractivity contribution in [2.45, 2.75) is 19.4 Å². The van der Waals surface area contributed by atoms with Gasteiger partial charge in [0.15, 0.2) is 0 Å². The molecule has 1 aliphatic heterocycles. The van der Waals surface area contributed by atoms with Gasteiger partial charge in [0.1, 0.15) is 13.1 Å². The van der Waals surface area contributed by atoms with Gasteiger partial charge in [-0.15, -0.1) is 0 Å². The minimum absolute atomic E-state index is 0.154. The highest BCUT2D eigenvalue weighted by Gasteiger charge is 2.26. The fourth-order valence-corrected chi connectivity index (χ4v) is 1.90. The molecule has 19 heavy (non-hydrogen) atoms. The van der Waals surface area contributed by atoms with Crippen LogP contribution in [0.4, 0.5) is 4.79 Å². The van der Waals surface area contributed by atoms with Crippen LogP contribution >= 0.6 is 0 Å². The third-order valence-corrected chi connectivity index (χ3v) is 2.98. The molecule has 1 aliphatic rings. The van der Waals surface area contributed by atoms with Gasteiger partial charge in [0.25, 0.3) is 0 Å². The fourth-order valence-electron chi connectivity index (χ4n) is 1.90. The van der Waals surface area contributed by atoms with Crippen molar-refractivity contribution < 1.29 is 24.2 Å². The first-order valence-corrected chi connectivity index (χ1v) is 6.03. The Labute approximate surface area is 110 Å². The Morgan fingerprint density at radius 1 is 1.47 bits per heavy atom. The molecule has 0 aromatic carbocycles. The van der Waals surface area contributed by atoms with Crippen LogP contribution in [0.5, 0.6) is 0 Å². The molecule has 2 atom stereocenters. The number of rotatable bonds is 6. The van der Waals surface area contributed by atoms with E-state index in [1.165, 1.54) is 0 Å². The molecule has 4 N–H and O–H groups in total. The molecule has 0 aliphatic carbocycles. The molecule has 1 rings (SSSR count). The number of ether oxygens (including phenoxy) is 1. The van der Waals surface area contributed by atoms with Crippen molar-refractivity contribution in [3.05, 3.63) is 0 Å². The first-order valence-electron chi connectivity index (χ1n) is 6.03. The first kappa shape index (κ1) is 15.2. The molecule has 0 saturated carbocycles. The molecule has 8 heteroatoms. The van der Waals surface area contributed by atoms with Gasteiger partial charge in [-0.25, -0.2) is 4.79 Å². The summed E-state index contributed by atoms with van der Waals surface area (Å²) in [6.45, 7) is 2.05. The second-order valence-corrected chi connectivity index (χ2v) is 4.58. The number of urea groups is 1. The quantitative estimate of drug-likeness (QED) is 0.572. The minimum atomic E-state index is -1.20. The summed E-state index contributed by atoms with van der Waals surface area (Å²) in [6.07, 6.45) is 0.843. The van der Waals surface area contributed by atoms with Gasteiger partial charge in [-0.3, -0.25) is 9.59 Å². The van der Waals surface area contributed by atoms with Crippen LogP contribution < -0.4 is 11.1 Å². The lowest BCUT2D eigenvalue weighted by Crippen LogP contribution is -2.50. The lowest BCUT2D eigenvalue weighted by atomic mass is 10.0. The van der Waals surface area contributed by atoms with Crippen molar-refractivity contribution in [1.82, 2.24) is 10.2 Å². The maximum absolute atomic E-state index is 11.9. The number of nitrogens with two attached hydrogens (primary N) is 1. The first-order chi connectivity index (χ1) is 8.90. The number of nitrogens with one attached hydrogen (secondary N) is 1. The highest BCUT2D eigenvalue weighted by Crippen LogP contribution is 2.16. The van der Waals surface area contributed by atoms with E-state index in [4.69, 9.17) is 15.6 Å². The normalized spacial score (nSPS) is 19.7. The molecule has 108 valence electrons. The van der Waals surface area contributed by atoms with Crippen LogP contribution in [0.2, 0.25) is 0 Å². The highest BCUT2D eigenvalue weighted by atomic mass is 16.5. The van der Waals surface area contributed by atoms with Crippen molar-refractivity contribution in [1.29, 1.82) is 0 Å². The second-order valence-electron chi connectivity index (χ2n) is 4.58. The molecule has 2 unspecified atom stereocenters. The molecular formula is C11H19N3O5. The molecule has 0 aromatic heterocycles. The smallest absolute Gasteiger partial charge is 0.323 e. The zero-order valence-corrected chi connectivity index (χ0v) is 10.8. The number of primary amides is 1. The molecule has 0 radical (unpaired) electrons. The number of carboxylic acid groups (broad SMARTS) is 1. The van der Waals surface area contributed by atoms with Crippen LogP contribution in [0.25, 0.3) is 0 Å². The van der Waals surface area contributed by atoms with Gasteiger partial charge in [-0.1, -0.05) is 0 Å². The molecule has 0 spiro atoms. The van der Waals surface area contributed by atoms with E-state index in [2.05, 4.69) is 5.32 Å². The summed E-state index contributed by atoms with van der Waals surface area (Å²) in [6, 6.07) is -0.764. The molecule has 1 heterocycles. The van der Waals surface area contributed by atoms with Crippen molar-refractivity contribution >= 4 is 17.9 Å². The molecule has 0 bridgehead atoms. The number of carbonyl (C=O) groups is 3. The van der Waals surface area contributed by atoms with Gasteiger partial charge in [-0.05, 0) is 13.3 Å². The summed E-state index contributed by atoms with van der Waals surface area (Å²) in [5, 5.41) is 11.4. The van der Waals surface area contributed by atoms with Crippen molar-refractivity contribution in [3.63, 3.8) is 0 Å². The number of nitrogens with zero attached hydrogens (tertiary/aromatic N) is 1. The Morgan fingerprint density at radius 2 is 2.16 bits per heavy atom. The SMILES string of the molecule is CC(NC(=O)N(CC(N)=O)CC(=O)O)C1CCOC1. The Bertz CT molecular complexity index is 338. The van der Waals surface area contributed by atoms with Crippen molar-refractivity contribution in [2.24, 2.45) is 11.7 Å². The summed E-state index contributed by atoms with van der Waals surface area (Å²) in [5.74, 6) is -1.76. The summed E-state index contributed by atoms with van der Waals surface area (Å²) in [7, 11) is 0. The van der Waals surface area contributed by atoms with Gasteiger partial charge in [-0.2, -0.15) is 0 Å². The molecule has 1 saturated heterocycles. The third-order valence-electron chi connectivity index (χ3n) is 2.98. The van der Waals surface area contributed by atoms with Crippen LogP contribution in [0.3, 0.4) is 0 Å². The number of carboxylic acids is 1. The lowest BCUT2D eigenvalue weighted by molar-refractivity contribution is -0.137. The molecule has 3 amide bonds. The fraction of sp³-hybridized carbons (Fsp3) is 0.727. The maximum Gasteiger partial charge on any atom is 0.323 e. The van der Waals surface area contributed by atoms with Crippen LogP contribution in [-0.2, 0) is 14.3 Å². The van der Waals surface area contributed by atoms with E-state index < -0.39 is 31.0 Å². The highest BCUT2D eigenvalue weighted by molar-refractivity contribution is 5.86. The largest absolute Gasteiger partial charge is 0.480 e. The zero-order valence-electron chi connectivity index (χ0n) is 10.8. The summed E-state index contributed by atoms with van der Waals surface area (Å²) in [5.41, 5.74) is 4.99. The number of carbonyl (C=O) groups excluding carboxylic acids is 2. The molecule has 1 fully saturated rings. The predicted octanol–water partition coefficient (Wildman–Crippen LogP) is -1.01. The Morgan fingerprint density at radius 3 is 2.63 bits per heavy atom. The summed E-state index contributed by atoms with van der Waals surface area (Å²) < 4.78 is 5.22. The summed E-state index contributed by atoms with van der Waals surface area (Å²) in [4.78, 5) is 34.2. The van der Waals surface area contributed by atoms with Crippen LogP contribution in [0, 0.1) is 5.92 Å². The van der Waals surface area contributed by atoms with Gasteiger partial charge in [0.2, 0.25) is 5.91 Å². The monoisotopic (exact) mass is 273 g/mol. The molecule has 8 nitrogen and oxygen atoms in total. The standard InChI is InChI=1S/C11H19N3O5/c1-7(8-2-3-19-6-8)13-11(18)14(4-9(12)15)5-10(16)17/h7-8H,2-6H2,1H3,(H2,12,15)(H,13,18)(H,16,17). The van der Waals surface area contributed by atoms with Gasteiger partial charge in [0, 0.05) is 18.6 Å². The Kier molecular flexibility index (Phi) is 5.56. The zero-order chi connectivity index (χ0) is 14.4. The number of hydrogen-bond acceptors (Lipinski definition) is 4. The van der Waals surface area contributed by atoms with E-state index in [1.807, 2.05) is 6.92 Å². The summed E-state index contributed by atoms with van der Waals surface area (Å²) >= 11 is 0. The second kappa shape index (κ2) is 6.93. The number of amides is 3. The lowest BCUT2D eigenvalue weighted by Gasteiger charge is -2.25. The Balaban J connectivity index is 2.54. The van der Waals surface area contributed by atoms with Crippen LogP contribution in [0.15, 0.2) is 0 Å². The van der Waals surface area contributed by atoms with E-state index >= 15 is 0 Å². The van der Waals surface area contributed by atoms with E-state index in [9.17, 15) is 14.4 Å². The average molecular weight is 273 g/mol. The van der Waals surface area contributed by atoms with Gasteiger partial charge >= 0.3 is 12.0 Å². The number of aliphatic carboxylic acids is 1.